The van der Waals surface area contributed by atoms with Gasteiger partial charge in [0.25, 0.3) is 0 Å². The molecule has 0 aliphatic rings. The molecule has 0 amide bonds. The average molecular weight is 353 g/mol. The van der Waals surface area contributed by atoms with E-state index in [-0.39, 0.29) is 18.0 Å². The second-order valence-corrected chi connectivity index (χ2v) is 7.22. The highest BCUT2D eigenvalue weighted by Crippen LogP contribution is 2.25. The van der Waals surface area contributed by atoms with E-state index in [1.165, 1.54) is 0 Å². The molecule has 7 heteroatoms. The third-order valence-electron chi connectivity index (χ3n) is 3.09. The summed E-state index contributed by atoms with van der Waals surface area (Å²) in [5.41, 5.74) is 0. The summed E-state index contributed by atoms with van der Waals surface area (Å²) < 4.78 is 37.6. The quantitative estimate of drug-likeness (QED) is 0.584. The predicted molar refractivity (Wildman–Crippen MR) is 91.9 cm³/mol. The molecule has 23 heavy (non-hydrogen) atoms. The number of hydrogen-bond acceptors (Lipinski definition) is 5. The molecule has 0 saturated heterocycles. The minimum absolute atomic E-state index is 0.171. The lowest BCUT2D eigenvalue weighted by Crippen LogP contribution is -2.28. The predicted octanol–water partition coefficient (Wildman–Crippen LogP) is 2.77. The van der Waals surface area contributed by atoms with Crippen LogP contribution in [0.25, 0.3) is 0 Å². The van der Waals surface area contributed by atoms with Crippen LogP contribution in [0.4, 0.5) is 0 Å². The molecule has 2 rings (SSSR count). The highest BCUT2D eigenvalue weighted by molar-refractivity contribution is 7.98. The Bertz CT molecular complexity index is 730. The lowest BCUT2D eigenvalue weighted by atomic mass is 10.3. The summed E-state index contributed by atoms with van der Waals surface area (Å²) in [4.78, 5) is 1.26. The third-order valence-corrected chi connectivity index (χ3v) is 5.31. The Morgan fingerprint density at radius 2 is 1.70 bits per heavy atom. The second kappa shape index (κ2) is 8.24. The van der Waals surface area contributed by atoms with Gasteiger partial charge < -0.3 is 9.47 Å². The molecule has 0 spiro atoms. The van der Waals surface area contributed by atoms with Crippen LogP contribution in [0.3, 0.4) is 0 Å². The zero-order valence-corrected chi connectivity index (χ0v) is 14.6. The maximum absolute atomic E-state index is 12.2. The van der Waals surface area contributed by atoms with E-state index in [0.29, 0.717) is 11.5 Å². The Kier molecular flexibility index (Phi) is 6.32. The molecule has 124 valence electrons. The van der Waals surface area contributed by atoms with Crippen LogP contribution in [0.15, 0.2) is 58.3 Å². The van der Waals surface area contributed by atoms with Crippen molar-refractivity contribution >= 4 is 21.8 Å². The highest BCUT2D eigenvalue weighted by atomic mass is 32.2. The molecule has 0 aromatic heterocycles. The molecule has 0 aliphatic heterocycles. The van der Waals surface area contributed by atoms with E-state index >= 15 is 0 Å². The third kappa shape index (κ3) is 4.89. The first-order valence-corrected chi connectivity index (χ1v) is 9.67. The van der Waals surface area contributed by atoms with Gasteiger partial charge in [0.1, 0.15) is 6.61 Å². The summed E-state index contributed by atoms with van der Waals surface area (Å²) in [6.45, 7) is 0.382. The minimum Gasteiger partial charge on any atom is -0.493 e. The van der Waals surface area contributed by atoms with Crippen LogP contribution in [-0.2, 0) is 10.0 Å². The molecule has 2 aromatic carbocycles. The molecular formula is C16H19NO4S2. The van der Waals surface area contributed by atoms with E-state index in [1.807, 2.05) is 18.4 Å². The molecule has 2 aromatic rings. The van der Waals surface area contributed by atoms with Crippen molar-refractivity contribution < 1.29 is 17.9 Å². The molecular weight excluding hydrogens is 334 g/mol. The van der Waals surface area contributed by atoms with E-state index in [9.17, 15) is 8.42 Å². The van der Waals surface area contributed by atoms with Crippen molar-refractivity contribution in [2.75, 3.05) is 26.5 Å². The summed E-state index contributed by atoms with van der Waals surface area (Å²) in [7, 11) is -1.97. The minimum atomic E-state index is -3.53. The zero-order valence-electron chi connectivity index (χ0n) is 13.0. The summed E-state index contributed by atoms with van der Waals surface area (Å²) in [6.07, 6.45) is 1.94. The average Bonchev–Trinajstić information content (AvgIpc) is 2.59. The van der Waals surface area contributed by atoms with E-state index in [1.54, 1.807) is 55.3 Å². The monoisotopic (exact) mass is 353 g/mol. The molecule has 0 heterocycles. The number of methoxy groups -OCH3 is 1. The Hall–Kier alpha value is -1.70. The summed E-state index contributed by atoms with van der Waals surface area (Å²) in [5.74, 6) is 1.20. The Morgan fingerprint density at radius 3 is 2.30 bits per heavy atom. The van der Waals surface area contributed by atoms with Crippen molar-refractivity contribution in [3.05, 3.63) is 48.5 Å². The number of ether oxygens (including phenoxy) is 2. The second-order valence-electron chi connectivity index (χ2n) is 4.57. The Labute approximate surface area is 141 Å². The van der Waals surface area contributed by atoms with Crippen LogP contribution >= 0.6 is 11.8 Å². The van der Waals surface area contributed by atoms with Gasteiger partial charge in [0.2, 0.25) is 10.0 Å². The Balaban J connectivity index is 1.89. The smallest absolute Gasteiger partial charge is 0.240 e. The first kappa shape index (κ1) is 17.7. The van der Waals surface area contributed by atoms with Crippen LogP contribution < -0.4 is 14.2 Å². The van der Waals surface area contributed by atoms with Gasteiger partial charge in [0, 0.05) is 11.4 Å². The van der Waals surface area contributed by atoms with Crippen LogP contribution in [0.5, 0.6) is 11.5 Å². The Morgan fingerprint density at radius 1 is 1.04 bits per heavy atom. The fourth-order valence-corrected chi connectivity index (χ4v) is 3.33. The number of para-hydroxylation sites is 2. The van der Waals surface area contributed by atoms with Gasteiger partial charge >= 0.3 is 0 Å². The van der Waals surface area contributed by atoms with Gasteiger partial charge in [-0.2, -0.15) is 0 Å². The van der Waals surface area contributed by atoms with Crippen molar-refractivity contribution in [3.8, 4) is 11.5 Å². The molecule has 0 atom stereocenters. The van der Waals surface area contributed by atoms with Gasteiger partial charge in [-0.3, -0.25) is 0 Å². The van der Waals surface area contributed by atoms with Crippen LogP contribution in [0, 0.1) is 0 Å². The fourth-order valence-electron chi connectivity index (χ4n) is 1.91. The van der Waals surface area contributed by atoms with E-state index < -0.39 is 10.0 Å². The van der Waals surface area contributed by atoms with Gasteiger partial charge in [-0.05, 0) is 42.7 Å². The molecule has 0 saturated carbocycles. The number of hydrogen-bond donors (Lipinski definition) is 1. The van der Waals surface area contributed by atoms with Gasteiger partial charge in [-0.1, -0.05) is 12.1 Å². The van der Waals surface area contributed by atoms with Crippen molar-refractivity contribution in [1.29, 1.82) is 0 Å². The first-order valence-electron chi connectivity index (χ1n) is 6.96. The number of thioether (sulfide) groups is 1. The topological polar surface area (TPSA) is 64.6 Å². The van der Waals surface area contributed by atoms with E-state index in [2.05, 4.69) is 4.72 Å². The number of benzene rings is 2. The normalized spacial score (nSPS) is 11.2. The first-order chi connectivity index (χ1) is 11.1. The largest absolute Gasteiger partial charge is 0.493 e. The van der Waals surface area contributed by atoms with Crippen molar-refractivity contribution in [1.82, 2.24) is 4.72 Å². The number of nitrogens with one attached hydrogen (secondary N) is 1. The van der Waals surface area contributed by atoms with Crippen molar-refractivity contribution in [2.24, 2.45) is 0 Å². The number of rotatable bonds is 8. The molecule has 1 N–H and O–H groups in total. The number of sulfonamides is 1. The fraction of sp³-hybridized carbons (Fsp3) is 0.250. The zero-order chi connectivity index (χ0) is 16.7. The molecule has 0 aliphatic carbocycles. The van der Waals surface area contributed by atoms with Gasteiger partial charge in [0.15, 0.2) is 11.5 Å². The van der Waals surface area contributed by atoms with Gasteiger partial charge in [-0.15, -0.1) is 11.8 Å². The lowest BCUT2D eigenvalue weighted by molar-refractivity contribution is 0.298. The molecule has 0 unspecified atom stereocenters. The molecule has 0 radical (unpaired) electrons. The van der Waals surface area contributed by atoms with Crippen molar-refractivity contribution in [2.45, 2.75) is 9.79 Å². The van der Waals surface area contributed by atoms with Crippen LogP contribution in [0.2, 0.25) is 0 Å². The maximum Gasteiger partial charge on any atom is 0.240 e. The lowest BCUT2D eigenvalue weighted by Gasteiger charge is -2.11. The SMILES string of the molecule is COc1ccccc1OCCNS(=O)(=O)c1ccc(SC)cc1. The molecule has 0 bridgehead atoms. The van der Waals surface area contributed by atoms with E-state index in [4.69, 9.17) is 9.47 Å². The van der Waals surface area contributed by atoms with Crippen LogP contribution in [0.1, 0.15) is 0 Å². The van der Waals surface area contributed by atoms with E-state index in [0.717, 1.165) is 4.90 Å². The maximum atomic E-state index is 12.2. The van der Waals surface area contributed by atoms with Gasteiger partial charge in [-0.25, -0.2) is 13.1 Å². The van der Waals surface area contributed by atoms with Gasteiger partial charge in [0.05, 0.1) is 12.0 Å². The molecule has 0 fully saturated rings. The molecule has 5 nitrogen and oxygen atoms in total. The summed E-state index contributed by atoms with van der Waals surface area (Å²) in [6, 6.07) is 14.0. The summed E-state index contributed by atoms with van der Waals surface area (Å²) >= 11 is 1.56. The van der Waals surface area contributed by atoms with Crippen molar-refractivity contribution in [3.63, 3.8) is 0 Å². The standard InChI is InChI=1S/C16H19NO4S2/c1-20-15-5-3-4-6-16(15)21-12-11-17-23(18,19)14-9-7-13(22-2)8-10-14/h3-10,17H,11-12H2,1-2H3. The highest BCUT2D eigenvalue weighted by Gasteiger charge is 2.13. The van der Waals surface area contributed by atoms with Crippen LogP contribution in [-0.4, -0.2) is 34.9 Å². The summed E-state index contributed by atoms with van der Waals surface area (Å²) in [5, 5.41) is 0.